The smallest absolute Gasteiger partial charge is 0.308 e. The molecular formula is C22H26ClNO5. The van der Waals surface area contributed by atoms with Crippen LogP contribution in [0.15, 0.2) is 42.5 Å². The van der Waals surface area contributed by atoms with Crippen LogP contribution in [0.25, 0.3) is 0 Å². The van der Waals surface area contributed by atoms with Gasteiger partial charge in [0.05, 0.1) is 17.2 Å². The van der Waals surface area contributed by atoms with Gasteiger partial charge in [-0.15, -0.1) is 0 Å². The average Bonchev–Trinajstić information content (AvgIpc) is 2.66. The van der Waals surface area contributed by atoms with Gasteiger partial charge in [-0.2, -0.15) is 0 Å². The van der Waals surface area contributed by atoms with Crippen molar-refractivity contribution in [2.75, 3.05) is 19.8 Å². The summed E-state index contributed by atoms with van der Waals surface area (Å²) >= 11 is 6.16. The minimum Gasteiger partial charge on any atom is -0.491 e. The highest BCUT2D eigenvalue weighted by molar-refractivity contribution is 6.34. The molecular weight excluding hydrogens is 394 g/mol. The van der Waals surface area contributed by atoms with Gasteiger partial charge in [0.1, 0.15) is 18.1 Å². The van der Waals surface area contributed by atoms with Crippen molar-refractivity contribution in [3.63, 3.8) is 0 Å². The van der Waals surface area contributed by atoms with E-state index >= 15 is 0 Å². The van der Waals surface area contributed by atoms with Gasteiger partial charge in [-0.1, -0.05) is 23.7 Å². The van der Waals surface area contributed by atoms with E-state index in [-0.39, 0.29) is 17.0 Å². The maximum Gasteiger partial charge on any atom is 0.308 e. The van der Waals surface area contributed by atoms with Crippen molar-refractivity contribution in [2.45, 2.75) is 33.2 Å². The molecule has 1 amide bonds. The molecule has 0 fully saturated rings. The van der Waals surface area contributed by atoms with E-state index in [1.54, 1.807) is 0 Å². The van der Waals surface area contributed by atoms with Crippen LogP contribution in [0.3, 0.4) is 0 Å². The fraction of sp³-hybridized carbons (Fsp3) is 0.364. The van der Waals surface area contributed by atoms with E-state index in [4.69, 9.17) is 25.8 Å². The Morgan fingerprint density at radius 1 is 1.07 bits per heavy atom. The third kappa shape index (κ3) is 7.75. The molecule has 0 aliphatic heterocycles. The Kier molecular flexibility index (Phi) is 8.96. The summed E-state index contributed by atoms with van der Waals surface area (Å²) < 4.78 is 15.8. The van der Waals surface area contributed by atoms with Crippen molar-refractivity contribution in [1.29, 1.82) is 0 Å². The van der Waals surface area contributed by atoms with Crippen LogP contribution in [0.4, 0.5) is 0 Å². The average molecular weight is 420 g/mol. The molecule has 0 heterocycles. The topological polar surface area (TPSA) is 73.9 Å². The zero-order valence-electron chi connectivity index (χ0n) is 16.9. The van der Waals surface area contributed by atoms with Crippen molar-refractivity contribution < 1.29 is 23.8 Å². The van der Waals surface area contributed by atoms with Crippen molar-refractivity contribution in [2.24, 2.45) is 0 Å². The maximum atomic E-state index is 12.5. The number of hydrogen-bond donors (Lipinski definition) is 1. The second-order valence-electron chi connectivity index (χ2n) is 6.50. The number of esters is 1. The predicted molar refractivity (Wildman–Crippen MR) is 112 cm³/mol. The molecule has 0 unspecified atom stereocenters. The Morgan fingerprint density at radius 3 is 2.38 bits per heavy atom. The second-order valence-corrected chi connectivity index (χ2v) is 6.91. The van der Waals surface area contributed by atoms with Crippen LogP contribution in [0.2, 0.25) is 5.02 Å². The van der Waals surface area contributed by atoms with Crippen LogP contribution >= 0.6 is 11.6 Å². The molecule has 2 aromatic carbocycles. The number of hydrogen-bond acceptors (Lipinski definition) is 5. The highest BCUT2D eigenvalue weighted by Gasteiger charge is 2.15. The molecule has 0 aliphatic rings. The number of benzene rings is 2. The molecule has 2 aromatic rings. The third-order valence-electron chi connectivity index (χ3n) is 3.99. The third-order valence-corrected chi connectivity index (χ3v) is 4.30. The summed E-state index contributed by atoms with van der Waals surface area (Å²) in [5.41, 5.74) is 1.40. The van der Waals surface area contributed by atoms with Gasteiger partial charge in [0, 0.05) is 25.6 Å². The van der Waals surface area contributed by atoms with E-state index in [0.29, 0.717) is 37.6 Å². The monoisotopic (exact) mass is 419 g/mol. The number of carbonyl (C=O) groups excluding carboxylic acids is 2. The first-order chi connectivity index (χ1) is 13.9. The van der Waals surface area contributed by atoms with Gasteiger partial charge in [-0.25, -0.2) is 0 Å². The Morgan fingerprint density at radius 2 is 1.76 bits per heavy atom. The number of carbonyl (C=O) groups is 2. The normalized spacial score (nSPS) is 11.6. The van der Waals surface area contributed by atoms with Crippen LogP contribution in [0.5, 0.6) is 11.5 Å². The fourth-order valence-corrected chi connectivity index (χ4v) is 2.96. The molecule has 0 aromatic heterocycles. The lowest BCUT2D eigenvalue weighted by Crippen LogP contribution is -2.34. The van der Waals surface area contributed by atoms with E-state index in [0.717, 1.165) is 11.3 Å². The Hall–Kier alpha value is -2.57. The molecule has 0 bridgehead atoms. The zero-order chi connectivity index (χ0) is 21.2. The minimum absolute atomic E-state index is 0.101. The van der Waals surface area contributed by atoms with Gasteiger partial charge in [0.2, 0.25) is 0 Å². The standard InChI is InChI=1S/C22H26ClNO5/c1-4-27-11-12-28-18-7-5-17(6-8-18)13-15(2)24-22(26)20-10-9-19(14-21(20)23)29-16(3)25/h5-10,14-15H,4,11-13H2,1-3H3,(H,24,26)/t15-/m1/s1. The molecule has 156 valence electrons. The quantitative estimate of drug-likeness (QED) is 0.357. The summed E-state index contributed by atoms with van der Waals surface area (Å²) in [7, 11) is 0. The number of nitrogens with one attached hydrogen (secondary N) is 1. The van der Waals surface area contributed by atoms with Gasteiger partial charge >= 0.3 is 5.97 Å². The molecule has 0 saturated carbocycles. The molecule has 2 rings (SSSR count). The molecule has 0 saturated heterocycles. The number of amides is 1. The van der Waals surface area contributed by atoms with E-state index < -0.39 is 5.97 Å². The lowest BCUT2D eigenvalue weighted by molar-refractivity contribution is -0.131. The number of ether oxygens (including phenoxy) is 3. The zero-order valence-corrected chi connectivity index (χ0v) is 17.6. The molecule has 6 nitrogen and oxygen atoms in total. The SMILES string of the molecule is CCOCCOc1ccc(C[C@@H](C)NC(=O)c2ccc(OC(C)=O)cc2Cl)cc1. The number of halogens is 1. The summed E-state index contributed by atoms with van der Waals surface area (Å²) in [4.78, 5) is 23.5. The summed E-state index contributed by atoms with van der Waals surface area (Å²) in [5, 5.41) is 3.15. The van der Waals surface area contributed by atoms with Gasteiger partial charge in [0.15, 0.2) is 0 Å². The van der Waals surface area contributed by atoms with E-state index in [9.17, 15) is 9.59 Å². The largest absolute Gasteiger partial charge is 0.491 e. The van der Waals surface area contributed by atoms with Gasteiger partial charge < -0.3 is 19.5 Å². The summed E-state index contributed by atoms with van der Waals surface area (Å²) in [6.07, 6.45) is 0.661. The summed E-state index contributed by atoms with van der Waals surface area (Å²) in [6.45, 7) is 6.91. The van der Waals surface area contributed by atoms with Crippen LogP contribution in [-0.4, -0.2) is 37.7 Å². The number of rotatable bonds is 10. The van der Waals surface area contributed by atoms with E-state index in [1.807, 2.05) is 38.1 Å². The molecule has 1 atom stereocenters. The molecule has 1 N–H and O–H groups in total. The van der Waals surface area contributed by atoms with Crippen molar-refractivity contribution in [3.05, 3.63) is 58.6 Å². The Balaban J connectivity index is 1.87. The molecule has 0 spiro atoms. The van der Waals surface area contributed by atoms with Gasteiger partial charge in [-0.3, -0.25) is 9.59 Å². The minimum atomic E-state index is -0.447. The predicted octanol–water partition coefficient (Wildman–Crippen LogP) is 4.04. The fourth-order valence-electron chi connectivity index (χ4n) is 2.70. The molecule has 0 aliphatic carbocycles. The van der Waals surface area contributed by atoms with Crippen LogP contribution in [-0.2, 0) is 16.0 Å². The summed E-state index contributed by atoms with van der Waals surface area (Å²) in [6, 6.07) is 12.2. The van der Waals surface area contributed by atoms with Gasteiger partial charge in [-0.05, 0) is 50.1 Å². The lowest BCUT2D eigenvalue weighted by Gasteiger charge is -2.15. The Labute approximate surface area is 176 Å². The summed E-state index contributed by atoms with van der Waals surface area (Å²) in [5.74, 6) is 0.353. The Bertz CT molecular complexity index is 822. The van der Waals surface area contributed by atoms with Crippen LogP contribution < -0.4 is 14.8 Å². The van der Waals surface area contributed by atoms with Crippen LogP contribution in [0, 0.1) is 0 Å². The van der Waals surface area contributed by atoms with Crippen molar-refractivity contribution in [3.8, 4) is 11.5 Å². The molecule has 7 heteroatoms. The van der Waals surface area contributed by atoms with Crippen molar-refractivity contribution in [1.82, 2.24) is 5.32 Å². The first kappa shape index (κ1) is 22.7. The second kappa shape index (κ2) is 11.4. The van der Waals surface area contributed by atoms with E-state index in [2.05, 4.69) is 5.32 Å². The van der Waals surface area contributed by atoms with Gasteiger partial charge in [0.25, 0.3) is 5.91 Å². The highest BCUT2D eigenvalue weighted by atomic mass is 35.5. The lowest BCUT2D eigenvalue weighted by atomic mass is 10.1. The van der Waals surface area contributed by atoms with Crippen LogP contribution in [0.1, 0.15) is 36.7 Å². The first-order valence-corrected chi connectivity index (χ1v) is 9.85. The molecule has 29 heavy (non-hydrogen) atoms. The highest BCUT2D eigenvalue weighted by Crippen LogP contribution is 2.23. The van der Waals surface area contributed by atoms with E-state index in [1.165, 1.54) is 25.1 Å². The van der Waals surface area contributed by atoms with Crippen molar-refractivity contribution >= 4 is 23.5 Å². The molecule has 0 radical (unpaired) electrons. The maximum absolute atomic E-state index is 12.5. The first-order valence-electron chi connectivity index (χ1n) is 9.47.